The van der Waals surface area contributed by atoms with Crippen molar-refractivity contribution >= 4 is 46.4 Å². The lowest BCUT2D eigenvalue weighted by atomic mass is 10.1. The number of carbonyl (C=O) groups is 2. The highest BCUT2D eigenvalue weighted by Crippen LogP contribution is 2.24. The normalized spacial score (nSPS) is 16.0. The van der Waals surface area contributed by atoms with Crippen LogP contribution >= 0.6 is 11.8 Å². The molecule has 0 atom stereocenters. The van der Waals surface area contributed by atoms with Crippen LogP contribution in [-0.4, -0.2) is 37.4 Å². The van der Waals surface area contributed by atoms with Gasteiger partial charge in [0.05, 0.1) is 29.9 Å². The topological polar surface area (TPSA) is 107 Å². The quantitative estimate of drug-likeness (QED) is 0.346. The molecule has 2 aromatic rings. The predicted molar refractivity (Wildman–Crippen MR) is 117 cm³/mol. The minimum atomic E-state index is -0.608. The number of thioether (sulfide) groups is 1. The number of esters is 1. The molecular formula is C21H17N5O3S. The van der Waals surface area contributed by atoms with Gasteiger partial charge in [0, 0.05) is 24.5 Å². The zero-order chi connectivity index (χ0) is 21.5. The summed E-state index contributed by atoms with van der Waals surface area (Å²) in [5, 5.41) is 19.7. The summed E-state index contributed by atoms with van der Waals surface area (Å²) in [6.07, 6.45) is 2.67. The lowest BCUT2D eigenvalue weighted by molar-refractivity contribution is -0.135. The molecule has 1 N–H and O–H groups in total. The molecule has 0 saturated carbocycles. The molecule has 0 radical (unpaired) electrons. The minimum absolute atomic E-state index is 0.200. The summed E-state index contributed by atoms with van der Waals surface area (Å²) >= 11 is 1.01. The average Bonchev–Trinajstić information content (AvgIpc) is 3.12. The van der Waals surface area contributed by atoms with Crippen molar-refractivity contribution in [3.05, 3.63) is 70.6 Å². The van der Waals surface area contributed by atoms with E-state index in [1.807, 2.05) is 48.3 Å². The summed E-state index contributed by atoms with van der Waals surface area (Å²) in [6.45, 7) is 0. The maximum atomic E-state index is 11.8. The first kappa shape index (κ1) is 20.8. The zero-order valence-electron chi connectivity index (χ0n) is 16.2. The fourth-order valence-corrected chi connectivity index (χ4v) is 3.22. The van der Waals surface area contributed by atoms with Gasteiger partial charge in [-0.15, -0.1) is 5.10 Å². The molecule has 0 bridgehead atoms. The van der Waals surface area contributed by atoms with Gasteiger partial charge in [0.15, 0.2) is 5.17 Å². The Kier molecular flexibility index (Phi) is 6.62. The molecule has 0 aliphatic carbocycles. The molecule has 150 valence electrons. The van der Waals surface area contributed by atoms with Crippen LogP contribution in [0.5, 0.6) is 0 Å². The van der Waals surface area contributed by atoms with Gasteiger partial charge in [-0.2, -0.15) is 10.4 Å². The molecule has 1 saturated heterocycles. The van der Waals surface area contributed by atoms with Crippen LogP contribution in [0.4, 0.5) is 11.4 Å². The summed E-state index contributed by atoms with van der Waals surface area (Å²) in [5.41, 5.74) is 3.38. The Hall–Kier alpha value is -3.90. The third-order valence-electron chi connectivity index (χ3n) is 4.12. The van der Waals surface area contributed by atoms with E-state index in [1.165, 1.54) is 7.11 Å². The van der Waals surface area contributed by atoms with Gasteiger partial charge in [0.1, 0.15) is 0 Å². The Labute approximate surface area is 177 Å². The van der Waals surface area contributed by atoms with Crippen LogP contribution in [0.1, 0.15) is 11.1 Å². The standard InChI is InChI=1S/C21H17N5O3S/c1-26(16-7-3-14(12-22)4-8-16)17-9-5-15(6-10-17)13-23-25-21-24-20(28)18(30-21)11-19(27)29-2/h3-11,13H,1-2H3,(H,24,25,28)/b18-11+,23-13?. The molecule has 1 aliphatic rings. The maximum absolute atomic E-state index is 11.8. The Morgan fingerprint density at radius 3 is 2.40 bits per heavy atom. The molecule has 1 heterocycles. The number of anilines is 2. The molecule has 1 fully saturated rings. The van der Waals surface area contributed by atoms with Crippen molar-refractivity contribution in [2.45, 2.75) is 0 Å². The highest BCUT2D eigenvalue weighted by Gasteiger charge is 2.24. The number of benzene rings is 2. The van der Waals surface area contributed by atoms with Gasteiger partial charge < -0.3 is 9.64 Å². The van der Waals surface area contributed by atoms with Crippen LogP contribution in [0.25, 0.3) is 0 Å². The fraction of sp³-hybridized carbons (Fsp3) is 0.0952. The molecule has 9 heteroatoms. The van der Waals surface area contributed by atoms with E-state index < -0.39 is 11.9 Å². The number of amidine groups is 1. The van der Waals surface area contributed by atoms with Crippen molar-refractivity contribution in [2.75, 3.05) is 19.1 Å². The molecule has 1 aliphatic heterocycles. The number of nitrogens with one attached hydrogen (secondary N) is 1. The monoisotopic (exact) mass is 419 g/mol. The zero-order valence-corrected chi connectivity index (χ0v) is 17.0. The molecule has 1 amide bonds. The van der Waals surface area contributed by atoms with Gasteiger partial charge in [-0.25, -0.2) is 4.79 Å². The Balaban J connectivity index is 1.64. The number of hydrogen-bond donors (Lipinski definition) is 1. The van der Waals surface area contributed by atoms with Crippen molar-refractivity contribution in [1.29, 1.82) is 5.26 Å². The second-order valence-electron chi connectivity index (χ2n) is 6.05. The van der Waals surface area contributed by atoms with Crippen LogP contribution in [0.3, 0.4) is 0 Å². The molecular weight excluding hydrogens is 402 g/mol. The Morgan fingerprint density at radius 2 is 1.80 bits per heavy atom. The van der Waals surface area contributed by atoms with E-state index in [-0.39, 0.29) is 10.1 Å². The van der Waals surface area contributed by atoms with E-state index in [9.17, 15) is 9.59 Å². The van der Waals surface area contributed by atoms with Crippen molar-refractivity contribution < 1.29 is 14.3 Å². The van der Waals surface area contributed by atoms with Crippen molar-refractivity contribution in [2.24, 2.45) is 10.2 Å². The average molecular weight is 419 g/mol. The molecule has 0 aromatic heterocycles. The van der Waals surface area contributed by atoms with Gasteiger partial charge in [0.2, 0.25) is 0 Å². The number of nitrogens with zero attached hydrogens (tertiary/aromatic N) is 4. The maximum Gasteiger partial charge on any atom is 0.331 e. The SMILES string of the molecule is COC(=O)/C=C1/S/C(=N\N=Cc2ccc(N(C)c3ccc(C#N)cc3)cc2)NC1=O. The van der Waals surface area contributed by atoms with E-state index in [0.29, 0.717) is 5.56 Å². The molecule has 30 heavy (non-hydrogen) atoms. The second-order valence-corrected chi connectivity index (χ2v) is 7.08. The summed E-state index contributed by atoms with van der Waals surface area (Å²) in [5.74, 6) is -1.03. The smallest absolute Gasteiger partial charge is 0.331 e. The van der Waals surface area contributed by atoms with Gasteiger partial charge in [-0.05, 0) is 53.7 Å². The third-order valence-corrected chi connectivity index (χ3v) is 5.02. The summed E-state index contributed by atoms with van der Waals surface area (Å²) in [7, 11) is 3.18. The first-order valence-corrected chi connectivity index (χ1v) is 9.55. The highest BCUT2D eigenvalue weighted by atomic mass is 32.2. The number of ether oxygens (including phenoxy) is 1. The van der Waals surface area contributed by atoms with Crippen LogP contribution < -0.4 is 10.2 Å². The first-order valence-electron chi connectivity index (χ1n) is 8.74. The molecule has 0 spiro atoms. The number of methoxy groups -OCH3 is 1. The van der Waals surface area contributed by atoms with Gasteiger partial charge in [-0.1, -0.05) is 12.1 Å². The van der Waals surface area contributed by atoms with E-state index in [4.69, 9.17) is 5.26 Å². The Morgan fingerprint density at radius 1 is 1.17 bits per heavy atom. The first-order chi connectivity index (χ1) is 14.5. The number of amides is 1. The molecule has 2 aromatic carbocycles. The van der Waals surface area contributed by atoms with E-state index in [2.05, 4.69) is 26.3 Å². The van der Waals surface area contributed by atoms with Gasteiger partial charge >= 0.3 is 5.97 Å². The lowest BCUT2D eigenvalue weighted by Gasteiger charge is -2.19. The predicted octanol–water partition coefficient (Wildman–Crippen LogP) is 2.94. The van der Waals surface area contributed by atoms with Crippen molar-refractivity contribution in [1.82, 2.24) is 5.32 Å². The molecule has 3 rings (SSSR count). The summed E-state index contributed by atoms with van der Waals surface area (Å²) < 4.78 is 4.51. The Bertz CT molecular complexity index is 1080. The number of rotatable bonds is 5. The largest absolute Gasteiger partial charge is 0.466 e. The van der Waals surface area contributed by atoms with Crippen LogP contribution in [0.2, 0.25) is 0 Å². The van der Waals surface area contributed by atoms with E-state index in [0.717, 1.165) is 34.8 Å². The third kappa shape index (κ3) is 5.12. The fourth-order valence-electron chi connectivity index (χ4n) is 2.48. The molecule has 8 nitrogen and oxygen atoms in total. The second kappa shape index (κ2) is 9.54. The van der Waals surface area contributed by atoms with E-state index >= 15 is 0 Å². The van der Waals surface area contributed by atoms with Crippen molar-refractivity contribution in [3.8, 4) is 6.07 Å². The summed E-state index contributed by atoms with van der Waals surface area (Å²) in [6, 6.07) is 17.1. The van der Waals surface area contributed by atoms with Crippen LogP contribution in [0.15, 0.2) is 69.7 Å². The number of nitriles is 1. The van der Waals surface area contributed by atoms with Gasteiger partial charge in [-0.3, -0.25) is 10.1 Å². The van der Waals surface area contributed by atoms with E-state index in [1.54, 1.807) is 18.3 Å². The lowest BCUT2D eigenvalue weighted by Crippen LogP contribution is -2.19. The summed E-state index contributed by atoms with van der Waals surface area (Å²) in [4.78, 5) is 25.2. The minimum Gasteiger partial charge on any atom is -0.466 e. The molecule has 0 unspecified atom stereocenters. The number of hydrogen-bond acceptors (Lipinski definition) is 8. The van der Waals surface area contributed by atoms with Crippen molar-refractivity contribution in [3.63, 3.8) is 0 Å². The highest BCUT2D eigenvalue weighted by molar-refractivity contribution is 8.18. The number of carbonyl (C=O) groups excluding carboxylic acids is 2. The van der Waals surface area contributed by atoms with Crippen LogP contribution in [-0.2, 0) is 14.3 Å². The van der Waals surface area contributed by atoms with Crippen LogP contribution in [0, 0.1) is 11.3 Å². The van der Waals surface area contributed by atoms with Gasteiger partial charge in [0.25, 0.3) is 5.91 Å².